The number of hydrogen-bond donors (Lipinski definition) is 0. The van der Waals surface area contributed by atoms with E-state index in [0.717, 1.165) is 0 Å². The number of terminal acetylenes is 1. The van der Waals surface area contributed by atoms with E-state index in [1.54, 1.807) is 0 Å². The molecule has 1 rings (SSSR count). The molecule has 1 radical (unpaired) electrons. The molecule has 0 heterocycles. The van der Waals surface area contributed by atoms with Crippen molar-refractivity contribution in [1.82, 2.24) is 0 Å². The second-order valence-corrected chi connectivity index (χ2v) is 6.61. The normalized spacial score (nSPS) is 17.5. The number of carbonyl (C=O) groups excluding carboxylic acids is 1. The molecule has 0 N–H and O–H groups in total. The zero-order valence-corrected chi connectivity index (χ0v) is 14.1. The number of rotatable bonds is 5. The Morgan fingerprint density at radius 3 is 1.95 bits per heavy atom. The molecular weight excluding hydrogens is 260 g/mol. The monoisotopic (exact) mass is 287 g/mol. The lowest BCUT2D eigenvalue weighted by Gasteiger charge is -2.36. The molecule has 1 aliphatic rings. The van der Waals surface area contributed by atoms with E-state index in [9.17, 15) is 4.79 Å². The summed E-state index contributed by atoms with van der Waals surface area (Å²) in [6.45, 7) is 12.7. The smallest absolute Gasteiger partial charge is 0.321 e. The average molecular weight is 287 g/mol. The van der Waals surface area contributed by atoms with Crippen molar-refractivity contribution in [2.24, 2.45) is 23.2 Å². The van der Waals surface area contributed by atoms with Crippen LogP contribution in [-0.2, 0) is 9.53 Å². The third kappa shape index (κ3) is 3.79. The minimum Gasteiger partial charge on any atom is -0.452 e. The zero-order valence-electron chi connectivity index (χ0n) is 14.1. The van der Waals surface area contributed by atoms with Crippen LogP contribution >= 0.6 is 0 Å². The molecule has 0 atom stereocenters. The highest BCUT2D eigenvalue weighted by atomic mass is 16.5. The topological polar surface area (TPSA) is 26.3 Å². The van der Waals surface area contributed by atoms with Gasteiger partial charge < -0.3 is 4.74 Å². The molecule has 2 nitrogen and oxygen atoms in total. The quantitative estimate of drug-likeness (QED) is 0.560. The predicted octanol–water partition coefficient (Wildman–Crippen LogP) is 4.19. The minimum absolute atomic E-state index is 0.0206. The highest BCUT2D eigenvalue weighted by Crippen LogP contribution is 2.42. The SMILES string of the molecule is C#CCOC(=O)C1(C(C)C)C=C(C(C)C)[CH]C(C(C)C)=C1. The Hall–Kier alpha value is -1.49. The van der Waals surface area contributed by atoms with Gasteiger partial charge in [0.05, 0.1) is 0 Å². The predicted molar refractivity (Wildman–Crippen MR) is 87.2 cm³/mol. The van der Waals surface area contributed by atoms with Gasteiger partial charge in [-0.3, -0.25) is 4.79 Å². The maximum Gasteiger partial charge on any atom is 0.321 e. The van der Waals surface area contributed by atoms with Crippen LogP contribution < -0.4 is 0 Å². The fourth-order valence-electron chi connectivity index (χ4n) is 2.45. The van der Waals surface area contributed by atoms with E-state index in [4.69, 9.17) is 11.2 Å². The lowest BCUT2D eigenvalue weighted by atomic mass is 9.68. The molecule has 0 bridgehead atoms. The Morgan fingerprint density at radius 1 is 1.14 bits per heavy atom. The Balaban J connectivity index is 3.33. The van der Waals surface area contributed by atoms with Gasteiger partial charge in [-0.2, -0.15) is 0 Å². The van der Waals surface area contributed by atoms with Crippen molar-refractivity contribution in [3.05, 3.63) is 29.7 Å². The standard InChI is InChI=1S/C19H27O2/c1-8-9-21-18(20)19(15(6)7)11-16(13(2)3)10-17(12-19)14(4)5/h1,10-15H,9H2,2-7H3. The molecule has 0 amide bonds. The van der Waals surface area contributed by atoms with Crippen LogP contribution in [0, 0.1) is 41.9 Å². The third-order valence-electron chi connectivity index (χ3n) is 4.07. The summed E-state index contributed by atoms with van der Waals surface area (Å²) in [5.74, 6) is 2.96. The van der Waals surface area contributed by atoms with Gasteiger partial charge in [0.15, 0.2) is 6.61 Å². The van der Waals surface area contributed by atoms with Crippen LogP contribution in [0.3, 0.4) is 0 Å². The molecule has 0 aromatic rings. The maximum absolute atomic E-state index is 12.6. The van der Waals surface area contributed by atoms with Crippen molar-refractivity contribution in [3.8, 4) is 12.3 Å². The van der Waals surface area contributed by atoms with Gasteiger partial charge in [0, 0.05) is 6.42 Å². The van der Waals surface area contributed by atoms with Gasteiger partial charge in [0.1, 0.15) is 5.41 Å². The summed E-state index contributed by atoms with van der Waals surface area (Å²) >= 11 is 0. The zero-order chi connectivity index (χ0) is 16.2. The molecule has 0 saturated carbocycles. The van der Waals surface area contributed by atoms with Crippen molar-refractivity contribution >= 4 is 5.97 Å². The minimum atomic E-state index is -0.717. The van der Waals surface area contributed by atoms with Gasteiger partial charge in [0.2, 0.25) is 0 Å². The Kier molecular flexibility index (Phi) is 5.84. The molecule has 1 aliphatic carbocycles. The highest BCUT2D eigenvalue weighted by Gasteiger charge is 2.42. The average Bonchev–Trinajstić information content (AvgIpc) is 2.43. The first kappa shape index (κ1) is 17.6. The summed E-state index contributed by atoms with van der Waals surface area (Å²) in [5.41, 5.74) is 1.66. The molecule has 0 fully saturated rings. The van der Waals surface area contributed by atoms with E-state index < -0.39 is 5.41 Å². The molecule has 0 unspecified atom stereocenters. The first-order valence-electron chi connectivity index (χ1n) is 7.65. The lowest BCUT2D eigenvalue weighted by Crippen LogP contribution is -2.37. The second-order valence-electron chi connectivity index (χ2n) is 6.61. The highest BCUT2D eigenvalue weighted by molar-refractivity contribution is 5.83. The molecule has 0 aromatic heterocycles. The van der Waals surface area contributed by atoms with E-state index in [2.05, 4.69) is 52.2 Å². The van der Waals surface area contributed by atoms with Crippen LogP contribution in [0.1, 0.15) is 41.5 Å². The largest absolute Gasteiger partial charge is 0.452 e. The fourth-order valence-corrected chi connectivity index (χ4v) is 2.45. The Bertz CT molecular complexity index is 460. The van der Waals surface area contributed by atoms with E-state index in [0.29, 0.717) is 11.8 Å². The van der Waals surface area contributed by atoms with Gasteiger partial charge >= 0.3 is 5.97 Å². The van der Waals surface area contributed by atoms with Crippen LogP contribution in [0.4, 0.5) is 0 Å². The Labute approximate surface area is 129 Å². The molecule has 21 heavy (non-hydrogen) atoms. The van der Waals surface area contributed by atoms with E-state index >= 15 is 0 Å². The Morgan fingerprint density at radius 2 is 1.62 bits per heavy atom. The van der Waals surface area contributed by atoms with Crippen LogP contribution in [0.25, 0.3) is 0 Å². The van der Waals surface area contributed by atoms with Gasteiger partial charge in [-0.15, -0.1) is 6.42 Å². The van der Waals surface area contributed by atoms with E-state index in [1.807, 2.05) is 13.8 Å². The maximum atomic E-state index is 12.6. The van der Waals surface area contributed by atoms with Crippen LogP contribution in [0.2, 0.25) is 0 Å². The van der Waals surface area contributed by atoms with Gasteiger partial charge in [-0.05, 0) is 17.8 Å². The van der Waals surface area contributed by atoms with Crippen molar-refractivity contribution in [2.75, 3.05) is 6.61 Å². The molecule has 2 heteroatoms. The van der Waals surface area contributed by atoms with Crippen LogP contribution in [0.15, 0.2) is 23.3 Å². The summed E-state index contributed by atoms with van der Waals surface area (Å²) < 4.78 is 5.27. The van der Waals surface area contributed by atoms with Crippen molar-refractivity contribution in [2.45, 2.75) is 41.5 Å². The fraction of sp³-hybridized carbons (Fsp3) is 0.579. The number of carbonyl (C=O) groups is 1. The van der Waals surface area contributed by atoms with E-state index in [-0.39, 0.29) is 18.5 Å². The van der Waals surface area contributed by atoms with E-state index in [1.165, 1.54) is 11.1 Å². The molecule has 0 aromatic carbocycles. The summed E-state index contributed by atoms with van der Waals surface area (Å²) in [6.07, 6.45) is 11.5. The number of hydrogen-bond acceptors (Lipinski definition) is 2. The van der Waals surface area contributed by atoms with Gasteiger partial charge in [-0.1, -0.05) is 70.8 Å². The molecule has 115 valence electrons. The first-order chi connectivity index (χ1) is 9.74. The third-order valence-corrected chi connectivity index (χ3v) is 4.07. The summed E-state index contributed by atoms with van der Waals surface area (Å²) in [4.78, 5) is 12.6. The van der Waals surface area contributed by atoms with Crippen LogP contribution in [-0.4, -0.2) is 12.6 Å². The van der Waals surface area contributed by atoms with Crippen LogP contribution in [0.5, 0.6) is 0 Å². The number of allylic oxidation sites excluding steroid dienone is 2. The summed E-state index contributed by atoms with van der Waals surface area (Å²) in [6, 6.07) is 0. The van der Waals surface area contributed by atoms with Crippen molar-refractivity contribution in [3.63, 3.8) is 0 Å². The summed E-state index contributed by atoms with van der Waals surface area (Å²) in [7, 11) is 0. The number of ether oxygens (including phenoxy) is 1. The molecule has 0 saturated heterocycles. The van der Waals surface area contributed by atoms with Crippen molar-refractivity contribution < 1.29 is 9.53 Å². The molecular formula is C19H27O2. The molecule has 0 spiro atoms. The second kappa shape index (κ2) is 6.98. The van der Waals surface area contributed by atoms with Crippen molar-refractivity contribution in [1.29, 1.82) is 0 Å². The summed E-state index contributed by atoms with van der Waals surface area (Å²) in [5, 5.41) is 0. The molecule has 0 aliphatic heterocycles. The van der Waals surface area contributed by atoms with Gasteiger partial charge in [-0.25, -0.2) is 0 Å². The van der Waals surface area contributed by atoms with Gasteiger partial charge in [0.25, 0.3) is 0 Å². The lowest BCUT2D eigenvalue weighted by molar-refractivity contribution is -0.151. The number of esters is 1. The first-order valence-corrected chi connectivity index (χ1v) is 7.65.